The van der Waals surface area contributed by atoms with Crippen molar-refractivity contribution in [3.8, 4) is 16.9 Å². The van der Waals surface area contributed by atoms with Gasteiger partial charge in [-0.3, -0.25) is 4.79 Å². The summed E-state index contributed by atoms with van der Waals surface area (Å²) in [7, 11) is 4.15. The molecule has 0 saturated heterocycles. The molecule has 0 aliphatic rings. The summed E-state index contributed by atoms with van der Waals surface area (Å²) >= 11 is 1.42. The minimum absolute atomic E-state index is 0. The van der Waals surface area contributed by atoms with Crippen LogP contribution in [0.3, 0.4) is 0 Å². The summed E-state index contributed by atoms with van der Waals surface area (Å²) in [6.45, 7) is 3.19. The van der Waals surface area contributed by atoms with Crippen LogP contribution in [0.25, 0.3) is 32.1 Å². The maximum atomic E-state index is 12.3. The molecule has 2 heterocycles. The molecule has 0 aliphatic heterocycles. The standard InChI is InChI=1S/C22H22N2O2S.ClH/c1-13(12-24(2)3)14-4-6-15(7-5-14)19-18(25)9-8-17-20(19)16-10-11-27-21(16)22(26)23-17;/h4-11,13,25H,12H2,1-3H3,(H,23,26);1H/t13-;/m1./s1. The van der Waals surface area contributed by atoms with Crippen LogP contribution in [0.2, 0.25) is 0 Å². The first-order chi connectivity index (χ1) is 13.0. The summed E-state index contributed by atoms with van der Waals surface area (Å²) < 4.78 is 0.686. The third kappa shape index (κ3) is 3.53. The van der Waals surface area contributed by atoms with Crippen LogP contribution in [-0.4, -0.2) is 35.6 Å². The number of aromatic hydroxyl groups is 1. The lowest BCUT2D eigenvalue weighted by Crippen LogP contribution is -2.18. The highest BCUT2D eigenvalue weighted by molar-refractivity contribution is 7.17. The maximum Gasteiger partial charge on any atom is 0.266 e. The number of H-pyrrole nitrogens is 1. The van der Waals surface area contributed by atoms with Crippen molar-refractivity contribution in [2.45, 2.75) is 12.8 Å². The molecule has 2 aromatic heterocycles. The van der Waals surface area contributed by atoms with E-state index in [1.165, 1.54) is 16.9 Å². The van der Waals surface area contributed by atoms with Gasteiger partial charge in [-0.05, 0) is 54.7 Å². The fraction of sp³-hybridized carbons (Fsp3) is 0.227. The van der Waals surface area contributed by atoms with E-state index in [9.17, 15) is 9.90 Å². The maximum absolute atomic E-state index is 12.3. The normalized spacial score (nSPS) is 12.4. The quantitative estimate of drug-likeness (QED) is 0.482. The Morgan fingerprint density at radius 3 is 2.50 bits per heavy atom. The third-order valence-corrected chi connectivity index (χ3v) is 5.89. The number of aromatic nitrogens is 1. The molecular weight excluding hydrogens is 392 g/mol. The van der Waals surface area contributed by atoms with Crippen molar-refractivity contribution in [2.75, 3.05) is 20.6 Å². The van der Waals surface area contributed by atoms with Crippen LogP contribution < -0.4 is 5.56 Å². The van der Waals surface area contributed by atoms with Crippen LogP contribution in [0.4, 0.5) is 0 Å². The van der Waals surface area contributed by atoms with E-state index < -0.39 is 0 Å². The van der Waals surface area contributed by atoms with Crippen molar-refractivity contribution in [1.29, 1.82) is 0 Å². The molecule has 0 unspecified atom stereocenters. The van der Waals surface area contributed by atoms with E-state index in [0.29, 0.717) is 10.6 Å². The number of phenolic OH excluding ortho intramolecular Hbond substituents is 1. The van der Waals surface area contributed by atoms with Crippen molar-refractivity contribution in [2.24, 2.45) is 0 Å². The lowest BCUT2D eigenvalue weighted by Gasteiger charge is -2.18. The van der Waals surface area contributed by atoms with Gasteiger partial charge in [-0.2, -0.15) is 0 Å². The van der Waals surface area contributed by atoms with Crippen molar-refractivity contribution in [3.05, 3.63) is 63.8 Å². The largest absolute Gasteiger partial charge is 0.507 e. The molecule has 146 valence electrons. The van der Waals surface area contributed by atoms with E-state index in [4.69, 9.17) is 0 Å². The fourth-order valence-electron chi connectivity index (χ4n) is 3.76. The number of benzene rings is 2. The predicted octanol–water partition coefficient (Wildman–Crippen LogP) is 5.20. The second kappa shape index (κ2) is 7.95. The zero-order valence-electron chi connectivity index (χ0n) is 16.0. The molecule has 1 atom stereocenters. The zero-order valence-corrected chi connectivity index (χ0v) is 17.7. The lowest BCUT2D eigenvalue weighted by atomic mass is 9.94. The number of pyridine rings is 1. The summed E-state index contributed by atoms with van der Waals surface area (Å²) in [5, 5.41) is 14.3. The molecule has 0 spiro atoms. The lowest BCUT2D eigenvalue weighted by molar-refractivity contribution is 0.383. The second-order valence-corrected chi connectivity index (χ2v) is 8.20. The Labute approximate surface area is 173 Å². The Hall–Kier alpha value is -2.34. The molecule has 4 nitrogen and oxygen atoms in total. The monoisotopic (exact) mass is 414 g/mol. The fourth-order valence-corrected chi connectivity index (χ4v) is 4.56. The first-order valence-electron chi connectivity index (χ1n) is 8.96. The van der Waals surface area contributed by atoms with Crippen molar-refractivity contribution < 1.29 is 5.11 Å². The Morgan fingerprint density at radius 2 is 1.82 bits per heavy atom. The van der Waals surface area contributed by atoms with E-state index in [1.807, 2.05) is 11.4 Å². The minimum atomic E-state index is -0.0861. The van der Waals surface area contributed by atoms with Crippen molar-refractivity contribution >= 4 is 44.7 Å². The third-order valence-electron chi connectivity index (χ3n) is 4.98. The highest BCUT2D eigenvalue weighted by Gasteiger charge is 2.16. The van der Waals surface area contributed by atoms with E-state index in [1.54, 1.807) is 12.1 Å². The van der Waals surface area contributed by atoms with Gasteiger partial charge in [0.15, 0.2) is 0 Å². The smallest absolute Gasteiger partial charge is 0.266 e. The van der Waals surface area contributed by atoms with Gasteiger partial charge >= 0.3 is 0 Å². The van der Waals surface area contributed by atoms with Gasteiger partial charge in [-0.1, -0.05) is 31.2 Å². The average molecular weight is 415 g/mol. The van der Waals surface area contributed by atoms with Gasteiger partial charge in [0, 0.05) is 28.4 Å². The number of fused-ring (bicyclic) bond motifs is 3. The first kappa shape index (κ1) is 20.4. The molecule has 28 heavy (non-hydrogen) atoms. The molecule has 0 saturated carbocycles. The predicted molar refractivity (Wildman–Crippen MR) is 121 cm³/mol. The number of nitrogens with zero attached hydrogens (tertiary/aromatic N) is 1. The molecular formula is C22H23ClN2O2S. The summed E-state index contributed by atoms with van der Waals surface area (Å²) in [6.07, 6.45) is 0. The van der Waals surface area contributed by atoms with E-state index >= 15 is 0 Å². The number of rotatable bonds is 4. The van der Waals surface area contributed by atoms with Crippen LogP contribution in [0.15, 0.2) is 52.6 Å². The number of halogens is 1. The number of likely N-dealkylation sites (N-methyl/N-ethyl adjacent to an activating group) is 1. The van der Waals surface area contributed by atoms with E-state index in [0.717, 1.165) is 34.0 Å². The van der Waals surface area contributed by atoms with E-state index in [2.05, 4.69) is 55.2 Å². The Kier molecular flexibility index (Phi) is 5.79. The SMILES string of the molecule is C[C@H](CN(C)C)c1ccc(-c2c(O)ccc3[nH]c(=O)c4sccc4c23)cc1.Cl. The average Bonchev–Trinajstić information content (AvgIpc) is 3.12. The van der Waals surface area contributed by atoms with Crippen LogP contribution in [0.1, 0.15) is 18.4 Å². The van der Waals surface area contributed by atoms with Crippen molar-refractivity contribution in [3.63, 3.8) is 0 Å². The Balaban J connectivity index is 0.00000225. The number of phenols is 1. The highest BCUT2D eigenvalue weighted by atomic mass is 35.5. The number of thiophene rings is 1. The van der Waals surface area contributed by atoms with Gasteiger partial charge in [0.25, 0.3) is 5.56 Å². The zero-order chi connectivity index (χ0) is 19.1. The second-order valence-electron chi connectivity index (χ2n) is 7.29. The number of nitrogens with one attached hydrogen (secondary N) is 1. The Bertz CT molecular complexity index is 1180. The van der Waals surface area contributed by atoms with Gasteiger partial charge < -0.3 is 15.0 Å². The summed E-state index contributed by atoms with van der Waals surface area (Å²) in [5.74, 6) is 0.645. The van der Waals surface area contributed by atoms with Crippen LogP contribution in [-0.2, 0) is 0 Å². The molecule has 0 bridgehead atoms. The van der Waals surface area contributed by atoms with Gasteiger partial charge in [0.05, 0.1) is 0 Å². The van der Waals surface area contributed by atoms with Crippen LogP contribution in [0.5, 0.6) is 5.75 Å². The minimum Gasteiger partial charge on any atom is -0.507 e. The van der Waals surface area contributed by atoms with Crippen LogP contribution in [0, 0.1) is 0 Å². The number of hydrogen-bond acceptors (Lipinski definition) is 4. The van der Waals surface area contributed by atoms with E-state index in [-0.39, 0.29) is 23.7 Å². The molecule has 2 aromatic carbocycles. The molecule has 2 N–H and O–H groups in total. The Morgan fingerprint density at radius 1 is 1.11 bits per heavy atom. The van der Waals surface area contributed by atoms with Crippen molar-refractivity contribution in [1.82, 2.24) is 9.88 Å². The molecule has 4 rings (SSSR count). The number of aromatic amines is 1. The van der Waals surface area contributed by atoms with Gasteiger partial charge in [-0.25, -0.2) is 0 Å². The van der Waals surface area contributed by atoms with Gasteiger partial charge in [0.2, 0.25) is 0 Å². The summed E-state index contributed by atoms with van der Waals surface area (Å²) in [6, 6.07) is 13.7. The molecule has 6 heteroatoms. The van der Waals surface area contributed by atoms with Crippen LogP contribution >= 0.6 is 23.7 Å². The molecule has 0 amide bonds. The summed E-state index contributed by atoms with van der Waals surface area (Å²) in [5.41, 5.74) is 3.62. The molecule has 0 fully saturated rings. The number of hydrogen-bond donors (Lipinski definition) is 2. The summed E-state index contributed by atoms with van der Waals surface area (Å²) in [4.78, 5) is 17.4. The topological polar surface area (TPSA) is 56.3 Å². The van der Waals surface area contributed by atoms with Gasteiger partial charge in [-0.15, -0.1) is 23.7 Å². The highest BCUT2D eigenvalue weighted by Crippen LogP contribution is 2.39. The molecule has 0 aliphatic carbocycles. The van der Waals surface area contributed by atoms with Gasteiger partial charge in [0.1, 0.15) is 10.4 Å². The molecule has 4 aromatic rings. The molecule has 0 radical (unpaired) electrons. The first-order valence-corrected chi connectivity index (χ1v) is 9.84.